The lowest BCUT2D eigenvalue weighted by molar-refractivity contribution is 0.249. The second-order valence-electron chi connectivity index (χ2n) is 6.26. The average Bonchev–Trinajstić information content (AvgIpc) is 2.35. The largest absolute Gasteiger partial charge is 0.384 e. The molecule has 0 aliphatic rings. The molecule has 1 rings (SSSR count). The predicted octanol–water partition coefficient (Wildman–Crippen LogP) is 3.55. The number of amidine groups is 1. The van der Waals surface area contributed by atoms with E-state index in [4.69, 9.17) is 5.73 Å². The third-order valence-corrected chi connectivity index (χ3v) is 3.30. The summed E-state index contributed by atoms with van der Waals surface area (Å²) in [4.78, 5) is 15.6. The minimum Gasteiger partial charge on any atom is -0.384 e. The summed E-state index contributed by atoms with van der Waals surface area (Å²) in [5, 5.41) is 2.73. The van der Waals surface area contributed by atoms with Crippen LogP contribution in [0.4, 0.5) is 4.79 Å². The van der Waals surface area contributed by atoms with Crippen molar-refractivity contribution >= 4 is 11.9 Å². The Hall–Kier alpha value is -2.10. The van der Waals surface area contributed by atoms with E-state index in [-0.39, 0.29) is 11.3 Å². The highest BCUT2D eigenvalue weighted by Crippen LogP contribution is 2.23. The van der Waals surface area contributed by atoms with Crippen molar-refractivity contribution in [3.63, 3.8) is 0 Å². The van der Waals surface area contributed by atoms with Crippen LogP contribution in [-0.4, -0.2) is 11.9 Å². The van der Waals surface area contributed by atoms with E-state index in [0.717, 1.165) is 16.7 Å². The molecule has 0 fully saturated rings. The molecule has 0 spiro atoms. The van der Waals surface area contributed by atoms with E-state index < -0.39 is 6.03 Å². The molecule has 0 aromatic heterocycles. The van der Waals surface area contributed by atoms with Crippen LogP contribution >= 0.6 is 0 Å². The number of amides is 2. The highest BCUT2D eigenvalue weighted by Gasteiger charge is 2.12. The van der Waals surface area contributed by atoms with Gasteiger partial charge in [0.25, 0.3) is 0 Å². The number of allylic oxidation sites excluding steroid dienone is 1. The van der Waals surface area contributed by atoms with E-state index in [1.165, 1.54) is 0 Å². The number of hydrogen-bond donors (Lipinski definition) is 2. The van der Waals surface area contributed by atoms with Gasteiger partial charge >= 0.3 is 6.03 Å². The number of nitrogens with zero attached hydrogens (tertiary/aromatic N) is 1. The first kappa shape index (κ1) is 17.0. The summed E-state index contributed by atoms with van der Waals surface area (Å²) >= 11 is 0. The molecule has 1 aromatic carbocycles. The first-order chi connectivity index (χ1) is 9.68. The Bertz CT molecular complexity index is 566. The molecule has 4 heteroatoms. The van der Waals surface area contributed by atoms with Gasteiger partial charge in [-0.2, -0.15) is 4.99 Å². The minimum absolute atomic E-state index is 0.0121. The Morgan fingerprint density at radius 3 is 2.62 bits per heavy atom. The molecule has 0 heterocycles. The molecule has 0 saturated carbocycles. The van der Waals surface area contributed by atoms with Crippen molar-refractivity contribution in [2.75, 3.05) is 0 Å². The van der Waals surface area contributed by atoms with Crippen LogP contribution in [-0.2, 0) is 6.54 Å². The lowest BCUT2D eigenvalue weighted by Gasteiger charge is -2.19. The van der Waals surface area contributed by atoms with Gasteiger partial charge in [0.2, 0.25) is 0 Å². The van der Waals surface area contributed by atoms with Crippen molar-refractivity contribution in [3.05, 3.63) is 47.0 Å². The average molecular weight is 287 g/mol. The maximum Gasteiger partial charge on any atom is 0.343 e. The van der Waals surface area contributed by atoms with Crippen molar-refractivity contribution in [1.29, 1.82) is 0 Å². The van der Waals surface area contributed by atoms with Gasteiger partial charge in [0.15, 0.2) is 0 Å². The second-order valence-corrected chi connectivity index (χ2v) is 6.26. The number of nitrogens with two attached hydrogens (primary N) is 1. The highest BCUT2D eigenvalue weighted by molar-refractivity contribution is 5.99. The Kier molecular flexibility index (Phi) is 5.70. The number of nitrogens with one attached hydrogen (secondary N) is 1. The molecule has 0 unspecified atom stereocenters. The molecule has 0 radical (unpaired) electrons. The molecule has 1 aromatic rings. The van der Waals surface area contributed by atoms with Crippen LogP contribution in [0.25, 0.3) is 0 Å². The summed E-state index contributed by atoms with van der Waals surface area (Å²) < 4.78 is 0. The zero-order valence-corrected chi connectivity index (χ0v) is 13.5. The molecular formula is C17H25N3O. The highest BCUT2D eigenvalue weighted by atomic mass is 16.2. The molecule has 0 saturated heterocycles. The van der Waals surface area contributed by atoms with E-state index in [9.17, 15) is 4.79 Å². The van der Waals surface area contributed by atoms with Crippen molar-refractivity contribution in [3.8, 4) is 0 Å². The smallest absolute Gasteiger partial charge is 0.343 e. The Morgan fingerprint density at radius 1 is 1.38 bits per heavy atom. The zero-order valence-electron chi connectivity index (χ0n) is 13.5. The quantitative estimate of drug-likeness (QED) is 0.659. The number of aryl methyl sites for hydroxylation is 1. The number of aliphatic imine (C=N–C) groups is 1. The van der Waals surface area contributed by atoms with Crippen LogP contribution in [0.1, 0.15) is 38.8 Å². The molecule has 0 aliphatic heterocycles. The fraction of sp³-hybridized carbons (Fsp3) is 0.412. The van der Waals surface area contributed by atoms with Gasteiger partial charge in [0.1, 0.15) is 5.84 Å². The Balaban J connectivity index is 2.62. The summed E-state index contributed by atoms with van der Waals surface area (Å²) in [7, 11) is 0. The van der Waals surface area contributed by atoms with Crippen LogP contribution in [0.15, 0.2) is 40.9 Å². The van der Waals surface area contributed by atoms with Gasteiger partial charge in [-0.1, -0.05) is 56.2 Å². The number of rotatable bonds is 3. The molecule has 2 amide bonds. The van der Waals surface area contributed by atoms with E-state index in [2.05, 4.69) is 31.1 Å². The monoisotopic (exact) mass is 287 g/mol. The lowest BCUT2D eigenvalue weighted by Crippen LogP contribution is -2.23. The van der Waals surface area contributed by atoms with Crippen LogP contribution in [0.5, 0.6) is 0 Å². The van der Waals surface area contributed by atoms with E-state index >= 15 is 0 Å². The van der Waals surface area contributed by atoms with Crippen LogP contribution < -0.4 is 11.1 Å². The summed E-state index contributed by atoms with van der Waals surface area (Å²) in [5.74, 6) is 0.226. The fourth-order valence-corrected chi connectivity index (χ4v) is 1.63. The van der Waals surface area contributed by atoms with Gasteiger partial charge in [-0.05, 0) is 30.9 Å². The van der Waals surface area contributed by atoms with Gasteiger partial charge in [-0.15, -0.1) is 0 Å². The topological polar surface area (TPSA) is 67.5 Å². The fourth-order valence-electron chi connectivity index (χ4n) is 1.63. The minimum atomic E-state index is -0.424. The normalized spacial score (nSPS) is 13.2. The van der Waals surface area contributed by atoms with E-state index in [1.54, 1.807) is 6.08 Å². The number of carbonyl (C=O) groups excluding carboxylic acids is 1. The van der Waals surface area contributed by atoms with Crippen LogP contribution in [0.2, 0.25) is 0 Å². The number of hydrogen-bond acceptors (Lipinski definition) is 1. The third kappa shape index (κ3) is 6.25. The van der Waals surface area contributed by atoms with Gasteiger partial charge in [0, 0.05) is 6.54 Å². The van der Waals surface area contributed by atoms with Crippen LogP contribution in [0.3, 0.4) is 0 Å². The zero-order chi connectivity index (χ0) is 16.0. The molecule has 114 valence electrons. The number of carbonyl (C=O) groups is 1. The lowest BCUT2D eigenvalue weighted by atomic mass is 9.87. The molecule has 0 aliphatic carbocycles. The van der Waals surface area contributed by atoms with Crippen LogP contribution in [0, 0.1) is 12.3 Å². The molecule has 0 bridgehead atoms. The SMILES string of the molecule is C/C(=C\C(N)=N/C(=O)NCc1cccc(C)c1)C(C)(C)C. The molecule has 3 N–H and O–H groups in total. The Morgan fingerprint density at radius 2 is 2.05 bits per heavy atom. The van der Waals surface area contributed by atoms with E-state index in [0.29, 0.717) is 6.54 Å². The maximum absolute atomic E-state index is 11.7. The van der Waals surface area contributed by atoms with Gasteiger partial charge in [-0.25, -0.2) is 4.79 Å². The summed E-state index contributed by atoms with van der Waals surface area (Å²) in [6.45, 7) is 10.7. The van der Waals surface area contributed by atoms with Crippen molar-refractivity contribution in [2.45, 2.75) is 41.2 Å². The maximum atomic E-state index is 11.7. The third-order valence-electron chi connectivity index (χ3n) is 3.30. The molecule has 0 atom stereocenters. The summed E-state index contributed by atoms with van der Waals surface area (Å²) in [6, 6.07) is 7.54. The Labute approximate surface area is 127 Å². The molecular weight excluding hydrogens is 262 g/mol. The molecule has 21 heavy (non-hydrogen) atoms. The van der Waals surface area contributed by atoms with E-state index in [1.807, 2.05) is 38.1 Å². The first-order valence-corrected chi connectivity index (χ1v) is 7.05. The number of urea groups is 1. The summed E-state index contributed by atoms with van der Waals surface area (Å²) in [5.41, 5.74) is 9.07. The van der Waals surface area contributed by atoms with Crippen molar-refractivity contribution < 1.29 is 4.79 Å². The van der Waals surface area contributed by atoms with Crippen molar-refractivity contribution in [1.82, 2.24) is 5.32 Å². The number of benzene rings is 1. The summed E-state index contributed by atoms with van der Waals surface area (Å²) in [6.07, 6.45) is 1.74. The van der Waals surface area contributed by atoms with Crippen molar-refractivity contribution in [2.24, 2.45) is 16.1 Å². The standard InChI is InChI=1S/C17H25N3O/c1-12-7-6-8-14(9-12)11-19-16(21)20-15(18)10-13(2)17(3,4)5/h6-10H,11H2,1-5H3,(H3,18,19,20,21)/b13-10+. The van der Waals surface area contributed by atoms with Gasteiger partial charge in [-0.3, -0.25) is 0 Å². The van der Waals surface area contributed by atoms with Gasteiger partial charge in [0.05, 0.1) is 0 Å². The van der Waals surface area contributed by atoms with Gasteiger partial charge < -0.3 is 11.1 Å². The first-order valence-electron chi connectivity index (χ1n) is 7.05. The predicted molar refractivity (Wildman–Crippen MR) is 88.2 cm³/mol. The molecule has 4 nitrogen and oxygen atoms in total. The second kappa shape index (κ2) is 7.07.